The third-order valence-electron chi connectivity index (χ3n) is 2.76. The third kappa shape index (κ3) is 2.14. The van der Waals surface area contributed by atoms with Crippen LogP contribution >= 0.6 is 0 Å². The Labute approximate surface area is 113 Å². The minimum absolute atomic E-state index is 0.174. The lowest BCUT2D eigenvalue weighted by Crippen LogP contribution is -2.15. The Balaban J connectivity index is 2.00. The van der Waals surface area contributed by atoms with Crippen LogP contribution in [0.5, 0.6) is 0 Å². The molecule has 0 amide bonds. The minimum atomic E-state index is -0.246. The average molecular weight is 272 g/mol. The lowest BCUT2D eigenvalue weighted by molar-refractivity contribution is 0.174. The van der Waals surface area contributed by atoms with Gasteiger partial charge in [0.2, 0.25) is 0 Å². The fraction of sp³-hybridized carbons (Fsp3) is 0.154. The highest BCUT2D eigenvalue weighted by Gasteiger charge is 2.16. The van der Waals surface area contributed by atoms with Crippen molar-refractivity contribution in [2.24, 2.45) is 0 Å². The number of hydrogen-bond donors (Lipinski definition) is 1. The number of aromatic nitrogens is 4. The van der Waals surface area contributed by atoms with Crippen molar-refractivity contribution in [3.63, 3.8) is 0 Å². The molecule has 1 N–H and O–H groups in total. The Kier molecular flexibility index (Phi) is 3.18. The topological polar surface area (TPSA) is 85.9 Å². The van der Waals surface area contributed by atoms with E-state index in [9.17, 15) is 4.79 Å². The van der Waals surface area contributed by atoms with E-state index in [0.717, 1.165) is 5.69 Å². The van der Waals surface area contributed by atoms with Crippen LogP contribution in [-0.4, -0.2) is 27.0 Å². The van der Waals surface area contributed by atoms with Gasteiger partial charge in [0.25, 0.3) is 11.4 Å². The van der Waals surface area contributed by atoms with Gasteiger partial charge in [-0.25, -0.2) is 4.68 Å². The number of rotatable bonds is 4. The van der Waals surface area contributed by atoms with E-state index in [1.807, 2.05) is 30.3 Å². The molecule has 20 heavy (non-hydrogen) atoms. The second-order valence-corrected chi connectivity index (χ2v) is 4.11. The van der Waals surface area contributed by atoms with Gasteiger partial charge in [-0.15, -0.1) is 0 Å². The van der Waals surface area contributed by atoms with Gasteiger partial charge < -0.3 is 9.26 Å². The summed E-state index contributed by atoms with van der Waals surface area (Å²) in [6.45, 7) is 0.237. The van der Waals surface area contributed by atoms with Gasteiger partial charge in [0, 0.05) is 13.3 Å². The number of aromatic amines is 1. The monoisotopic (exact) mass is 272 g/mol. The second-order valence-electron chi connectivity index (χ2n) is 4.11. The maximum Gasteiger partial charge on any atom is 0.284 e. The smallest absolute Gasteiger partial charge is 0.284 e. The number of benzene rings is 1. The Morgan fingerprint density at radius 1 is 1.35 bits per heavy atom. The standard InChI is InChI=1S/C13H12N4O3/c1-19-8-11-15-12(20-16-11)10-7-14-17(13(10)18)9-5-3-2-4-6-9/h2-7,14H,8H2,1H3. The fourth-order valence-electron chi connectivity index (χ4n) is 1.84. The number of methoxy groups -OCH3 is 1. The van der Waals surface area contributed by atoms with Gasteiger partial charge in [0.15, 0.2) is 5.82 Å². The first-order valence-corrected chi connectivity index (χ1v) is 5.97. The van der Waals surface area contributed by atoms with Crippen LogP contribution in [0.1, 0.15) is 5.82 Å². The summed E-state index contributed by atoms with van der Waals surface area (Å²) >= 11 is 0. The molecular weight excluding hydrogens is 260 g/mol. The molecule has 0 bridgehead atoms. The van der Waals surface area contributed by atoms with Crippen LogP contribution in [0.4, 0.5) is 0 Å². The predicted molar refractivity (Wildman–Crippen MR) is 70.4 cm³/mol. The van der Waals surface area contributed by atoms with Gasteiger partial charge in [0.1, 0.15) is 12.2 Å². The van der Waals surface area contributed by atoms with Crippen molar-refractivity contribution in [2.45, 2.75) is 6.61 Å². The molecule has 2 heterocycles. The van der Waals surface area contributed by atoms with E-state index in [1.165, 1.54) is 11.8 Å². The summed E-state index contributed by atoms with van der Waals surface area (Å²) in [5.74, 6) is 0.572. The van der Waals surface area contributed by atoms with Gasteiger partial charge in [-0.3, -0.25) is 9.89 Å². The van der Waals surface area contributed by atoms with Crippen molar-refractivity contribution >= 4 is 0 Å². The Morgan fingerprint density at radius 2 is 2.15 bits per heavy atom. The van der Waals surface area contributed by atoms with E-state index in [1.54, 1.807) is 6.20 Å². The predicted octanol–water partition coefficient (Wildman–Crippen LogP) is 1.36. The molecule has 0 radical (unpaired) electrons. The molecule has 1 aromatic carbocycles. The zero-order chi connectivity index (χ0) is 13.9. The SMILES string of the molecule is COCc1noc(-c2c[nH]n(-c3ccccc3)c2=O)n1. The highest BCUT2D eigenvalue weighted by Crippen LogP contribution is 2.13. The lowest BCUT2D eigenvalue weighted by Gasteiger charge is -1.98. The molecule has 0 aliphatic heterocycles. The number of hydrogen-bond acceptors (Lipinski definition) is 5. The summed E-state index contributed by atoms with van der Waals surface area (Å²) in [6.07, 6.45) is 1.54. The van der Waals surface area contributed by atoms with Crippen LogP contribution in [0, 0.1) is 0 Å². The number of ether oxygens (including phenoxy) is 1. The number of H-pyrrole nitrogens is 1. The van der Waals surface area contributed by atoms with Gasteiger partial charge in [0.05, 0.1) is 5.69 Å². The zero-order valence-electron chi connectivity index (χ0n) is 10.7. The molecule has 3 aromatic rings. The molecule has 102 valence electrons. The Morgan fingerprint density at radius 3 is 2.90 bits per heavy atom. The summed E-state index contributed by atoms with van der Waals surface area (Å²) in [5, 5.41) is 6.61. The summed E-state index contributed by atoms with van der Waals surface area (Å²) in [6, 6.07) is 9.24. The van der Waals surface area contributed by atoms with Crippen LogP contribution in [0.25, 0.3) is 17.1 Å². The fourth-order valence-corrected chi connectivity index (χ4v) is 1.84. The van der Waals surface area contributed by atoms with Gasteiger partial charge in [-0.05, 0) is 12.1 Å². The molecule has 0 spiro atoms. The molecule has 0 saturated carbocycles. The maximum atomic E-state index is 12.3. The quantitative estimate of drug-likeness (QED) is 0.775. The van der Waals surface area contributed by atoms with E-state index >= 15 is 0 Å². The molecule has 0 atom stereocenters. The highest BCUT2D eigenvalue weighted by atomic mass is 16.5. The van der Waals surface area contributed by atoms with Crippen molar-refractivity contribution in [3.05, 3.63) is 52.7 Å². The Bertz CT molecular complexity index is 757. The first-order chi connectivity index (χ1) is 9.79. The second kappa shape index (κ2) is 5.14. The van der Waals surface area contributed by atoms with Gasteiger partial charge in [-0.2, -0.15) is 4.98 Å². The van der Waals surface area contributed by atoms with E-state index < -0.39 is 0 Å². The van der Waals surface area contributed by atoms with Crippen molar-refractivity contribution in [1.29, 1.82) is 0 Å². The summed E-state index contributed by atoms with van der Waals surface area (Å²) in [5.41, 5.74) is 0.813. The molecule has 3 rings (SSSR count). The van der Waals surface area contributed by atoms with Gasteiger partial charge >= 0.3 is 0 Å². The van der Waals surface area contributed by atoms with E-state index in [2.05, 4.69) is 15.2 Å². The third-order valence-corrected chi connectivity index (χ3v) is 2.76. The van der Waals surface area contributed by atoms with Crippen LogP contribution in [0.2, 0.25) is 0 Å². The van der Waals surface area contributed by atoms with Crippen molar-refractivity contribution in [1.82, 2.24) is 19.9 Å². The molecule has 0 unspecified atom stereocenters. The number of nitrogens with one attached hydrogen (secondary N) is 1. The van der Waals surface area contributed by atoms with E-state index in [0.29, 0.717) is 11.4 Å². The van der Waals surface area contributed by atoms with Crippen LogP contribution in [0.15, 0.2) is 45.8 Å². The summed E-state index contributed by atoms with van der Waals surface area (Å²) in [4.78, 5) is 16.4. The number of nitrogens with zero attached hydrogens (tertiary/aromatic N) is 3. The van der Waals surface area contributed by atoms with Crippen LogP contribution in [0.3, 0.4) is 0 Å². The van der Waals surface area contributed by atoms with Gasteiger partial charge in [-0.1, -0.05) is 23.4 Å². The number of para-hydroxylation sites is 1. The zero-order valence-corrected chi connectivity index (χ0v) is 10.7. The Hall–Kier alpha value is -2.67. The van der Waals surface area contributed by atoms with Crippen LogP contribution in [-0.2, 0) is 11.3 Å². The van der Waals surface area contributed by atoms with Crippen LogP contribution < -0.4 is 5.56 Å². The first-order valence-electron chi connectivity index (χ1n) is 5.97. The average Bonchev–Trinajstić information content (AvgIpc) is 3.07. The van der Waals surface area contributed by atoms with Crippen molar-refractivity contribution in [3.8, 4) is 17.1 Å². The van der Waals surface area contributed by atoms with E-state index in [-0.39, 0.29) is 18.1 Å². The highest BCUT2D eigenvalue weighted by molar-refractivity contribution is 5.51. The first kappa shape index (κ1) is 12.4. The molecule has 7 heteroatoms. The van der Waals surface area contributed by atoms with E-state index in [4.69, 9.17) is 9.26 Å². The molecule has 0 saturated heterocycles. The molecule has 7 nitrogen and oxygen atoms in total. The van der Waals surface area contributed by atoms with Crippen molar-refractivity contribution < 1.29 is 9.26 Å². The molecule has 0 aliphatic rings. The maximum absolute atomic E-state index is 12.3. The lowest BCUT2D eigenvalue weighted by atomic mass is 10.3. The summed E-state index contributed by atoms with van der Waals surface area (Å²) in [7, 11) is 1.54. The molecule has 0 fully saturated rings. The molecule has 0 aliphatic carbocycles. The van der Waals surface area contributed by atoms with Crippen molar-refractivity contribution in [2.75, 3.05) is 7.11 Å². The largest absolute Gasteiger partial charge is 0.377 e. The molecule has 2 aromatic heterocycles. The summed E-state index contributed by atoms with van der Waals surface area (Å²) < 4.78 is 11.4. The minimum Gasteiger partial charge on any atom is -0.377 e. The molecular formula is C13H12N4O3. The normalized spacial score (nSPS) is 10.8.